The SMILES string of the molecule is CCC(CO)(CO)NC(=O)C1CCCc2sccc21. The van der Waals surface area contributed by atoms with E-state index in [1.807, 2.05) is 18.4 Å². The number of amides is 1. The molecule has 1 aromatic heterocycles. The molecule has 0 saturated heterocycles. The summed E-state index contributed by atoms with van der Waals surface area (Å²) in [5.41, 5.74) is 0.222. The predicted octanol–water partition coefficient (Wildman–Crippen LogP) is 1.42. The van der Waals surface area contributed by atoms with Crippen molar-refractivity contribution < 1.29 is 15.0 Å². The smallest absolute Gasteiger partial charge is 0.228 e. The van der Waals surface area contributed by atoms with E-state index in [9.17, 15) is 15.0 Å². The molecule has 0 fully saturated rings. The molecule has 4 nitrogen and oxygen atoms in total. The molecule has 0 spiro atoms. The third-order valence-corrected chi connectivity index (χ3v) is 5.04. The lowest BCUT2D eigenvalue weighted by atomic mass is 9.86. The number of thiophene rings is 1. The van der Waals surface area contributed by atoms with Gasteiger partial charge in [0.2, 0.25) is 5.91 Å². The maximum atomic E-state index is 12.4. The second-order valence-corrected chi connectivity index (χ2v) is 6.18. The second-order valence-electron chi connectivity index (χ2n) is 5.18. The van der Waals surface area contributed by atoms with Crippen LogP contribution in [0.5, 0.6) is 0 Å². The van der Waals surface area contributed by atoms with E-state index in [0.717, 1.165) is 24.8 Å². The van der Waals surface area contributed by atoms with Crippen LogP contribution in [0, 0.1) is 0 Å². The second kappa shape index (κ2) is 6.03. The minimum absolute atomic E-state index is 0.0794. The van der Waals surface area contributed by atoms with Crippen LogP contribution in [0.4, 0.5) is 0 Å². The fourth-order valence-electron chi connectivity index (χ4n) is 2.55. The minimum atomic E-state index is -0.898. The largest absolute Gasteiger partial charge is 0.394 e. The topological polar surface area (TPSA) is 69.6 Å². The van der Waals surface area contributed by atoms with Crippen molar-refractivity contribution in [1.29, 1.82) is 0 Å². The van der Waals surface area contributed by atoms with Crippen LogP contribution in [0.3, 0.4) is 0 Å². The number of carbonyl (C=O) groups excluding carboxylic acids is 1. The standard InChI is InChI=1S/C14H21NO3S/c1-2-14(8-16,9-17)15-13(18)11-4-3-5-12-10(11)6-7-19-12/h6-7,11,16-17H,2-5,8-9H2,1H3,(H,15,18). The van der Waals surface area contributed by atoms with Crippen molar-refractivity contribution in [1.82, 2.24) is 5.32 Å². The molecule has 1 atom stereocenters. The summed E-state index contributed by atoms with van der Waals surface area (Å²) in [4.78, 5) is 13.7. The Balaban J connectivity index is 2.14. The molecule has 1 aliphatic rings. The summed E-state index contributed by atoms with van der Waals surface area (Å²) >= 11 is 1.70. The van der Waals surface area contributed by atoms with Crippen molar-refractivity contribution in [3.05, 3.63) is 21.9 Å². The van der Waals surface area contributed by atoms with Crippen molar-refractivity contribution in [2.75, 3.05) is 13.2 Å². The van der Waals surface area contributed by atoms with Gasteiger partial charge in [-0.1, -0.05) is 6.92 Å². The normalized spacial score (nSPS) is 19.0. The predicted molar refractivity (Wildman–Crippen MR) is 75.3 cm³/mol. The molecule has 1 heterocycles. The maximum Gasteiger partial charge on any atom is 0.228 e. The van der Waals surface area contributed by atoms with Crippen molar-refractivity contribution in [3.8, 4) is 0 Å². The molecule has 106 valence electrons. The summed E-state index contributed by atoms with van der Waals surface area (Å²) in [6.07, 6.45) is 3.42. The highest BCUT2D eigenvalue weighted by Gasteiger charge is 2.34. The third kappa shape index (κ3) is 2.83. The van der Waals surface area contributed by atoms with Gasteiger partial charge in [-0.3, -0.25) is 4.79 Å². The Morgan fingerprint density at radius 1 is 1.53 bits per heavy atom. The Kier molecular flexibility index (Phi) is 4.60. The molecule has 2 rings (SSSR count). The van der Waals surface area contributed by atoms with Crippen LogP contribution in [-0.2, 0) is 11.2 Å². The Labute approximate surface area is 117 Å². The fourth-order valence-corrected chi connectivity index (χ4v) is 3.54. The number of hydrogen-bond acceptors (Lipinski definition) is 4. The molecular formula is C14H21NO3S. The zero-order valence-corrected chi connectivity index (χ0v) is 12.0. The molecule has 1 aliphatic carbocycles. The lowest BCUT2D eigenvalue weighted by Gasteiger charge is -2.32. The molecule has 19 heavy (non-hydrogen) atoms. The van der Waals surface area contributed by atoms with Gasteiger partial charge in [0, 0.05) is 4.88 Å². The van der Waals surface area contributed by atoms with Crippen LogP contribution in [0.25, 0.3) is 0 Å². The molecule has 0 aromatic carbocycles. The van der Waals surface area contributed by atoms with Crippen LogP contribution in [0.15, 0.2) is 11.4 Å². The summed E-state index contributed by atoms with van der Waals surface area (Å²) in [5.74, 6) is -0.219. The highest BCUT2D eigenvalue weighted by atomic mass is 32.1. The van der Waals surface area contributed by atoms with E-state index < -0.39 is 5.54 Å². The summed E-state index contributed by atoms with van der Waals surface area (Å²) in [6.45, 7) is 1.37. The summed E-state index contributed by atoms with van der Waals surface area (Å²) in [6, 6.07) is 2.02. The van der Waals surface area contributed by atoms with E-state index in [-0.39, 0.29) is 25.0 Å². The average molecular weight is 283 g/mol. The quantitative estimate of drug-likeness (QED) is 0.765. The van der Waals surface area contributed by atoms with Crippen LogP contribution in [0.2, 0.25) is 0 Å². The number of aliphatic hydroxyl groups excluding tert-OH is 2. The zero-order chi connectivity index (χ0) is 13.9. The van der Waals surface area contributed by atoms with E-state index in [1.54, 1.807) is 11.3 Å². The first-order chi connectivity index (χ1) is 9.15. The van der Waals surface area contributed by atoms with Crippen LogP contribution in [-0.4, -0.2) is 34.9 Å². The lowest BCUT2D eigenvalue weighted by Crippen LogP contribution is -2.55. The van der Waals surface area contributed by atoms with Gasteiger partial charge in [0.15, 0.2) is 0 Å². The number of fused-ring (bicyclic) bond motifs is 1. The number of aliphatic hydroxyl groups is 2. The molecule has 1 unspecified atom stereocenters. The molecule has 0 radical (unpaired) electrons. The van der Waals surface area contributed by atoms with Gasteiger partial charge in [-0.2, -0.15) is 0 Å². The summed E-state index contributed by atoms with van der Waals surface area (Å²) < 4.78 is 0. The van der Waals surface area contributed by atoms with E-state index in [4.69, 9.17) is 0 Å². The van der Waals surface area contributed by atoms with Crippen LogP contribution >= 0.6 is 11.3 Å². The minimum Gasteiger partial charge on any atom is -0.394 e. The van der Waals surface area contributed by atoms with E-state index in [1.165, 1.54) is 4.88 Å². The molecule has 5 heteroatoms. The first-order valence-electron chi connectivity index (χ1n) is 6.76. The Morgan fingerprint density at radius 3 is 2.89 bits per heavy atom. The van der Waals surface area contributed by atoms with E-state index >= 15 is 0 Å². The van der Waals surface area contributed by atoms with Crippen LogP contribution < -0.4 is 5.32 Å². The van der Waals surface area contributed by atoms with Gasteiger partial charge >= 0.3 is 0 Å². The number of carbonyl (C=O) groups is 1. The zero-order valence-electron chi connectivity index (χ0n) is 11.2. The average Bonchev–Trinajstić information content (AvgIpc) is 2.93. The van der Waals surface area contributed by atoms with Crippen molar-refractivity contribution >= 4 is 17.2 Å². The van der Waals surface area contributed by atoms with Crippen molar-refractivity contribution in [3.63, 3.8) is 0 Å². The summed E-state index contributed by atoms with van der Waals surface area (Å²) in [7, 11) is 0. The molecule has 3 N–H and O–H groups in total. The van der Waals surface area contributed by atoms with Gasteiger partial charge in [-0.05, 0) is 42.7 Å². The highest BCUT2D eigenvalue weighted by molar-refractivity contribution is 7.10. The number of aryl methyl sites for hydroxylation is 1. The third-order valence-electron chi connectivity index (χ3n) is 4.04. The first-order valence-corrected chi connectivity index (χ1v) is 7.63. The molecule has 1 aromatic rings. The van der Waals surface area contributed by atoms with Crippen LogP contribution in [0.1, 0.15) is 42.5 Å². The van der Waals surface area contributed by atoms with Gasteiger partial charge in [-0.15, -0.1) is 11.3 Å². The van der Waals surface area contributed by atoms with E-state index in [0.29, 0.717) is 6.42 Å². The lowest BCUT2D eigenvalue weighted by molar-refractivity contribution is -0.126. The molecule has 1 amide bonds. The Hall–Kier alpha value is -0.910. The highest BCUT2D eigenvalue weighted by Crippen LogP contribution is 2.35. The van der Waals surface area contributed by atoms with Crippen molar-refractivity contribution in [2.45, 2.75) is 44.1 Å². The van der Waals surface area contributed by atoms with E-state index in [2.05, 4.69) is 5.32 Å². The molecular weight excluding hydrogens is 262 g/mol. The monoisotopic (exact) mass is 283 g/mol. The molecule has 0 aliphatic heterocycles. The van der Waals surface area contributed by atoms with Gasteiger partial charge < -0.3 is 15.5 Å². The number of hydrogen-bond donors (Lipinski definition) is 3. The Bertz CT molecular complexity index is 431. The first kappa shape index (κ1) is 14.5. The maximum absolute atomic E-state index is 12.4. The van der Waals surface area contributed by atoms with Gasteiger partial charge in [0.1, 0.15) is 0 Å². The summed E-state index contributed by atoms with van der Waals surface area (Å²) in [5, 5.41) is 23.7. The van der Waals surface area contributed by atoms with Gasteiger partial charge in [0.25, 0.3) is 0 Å². The van der Waals surface area contributed by atoms with Gasteiger partial charge in [-0.25, -0.2) is 0 Å². The molecule has 0 bridgehead atoms. The number of rotatable bonds is 5. The van der Waals surface area contributed by atoms with Crippen molar-refractivity contribution in [2.24, 2.45) is 0 Å². The molecule has 0 saturated carbocycles. The Morgan fingerprint density at radius 2 is 2.26 bits per heavy atom. The fraction of sp³-hybridized carbons (Fsp3) is 0.643. The number of nitrogens with one attached hydrogen (secondary N) is 1. The van der Waals surface area contributed by atoms with Gasteiger partial charge in [0.05, 0.1) is 24.7 Å².